The number of rotatable bonds is 5. The molecule has 2 nitrogen and oxygen atoms in total. The van der Waals surface area contributed by atoms with Crippen molar-refractivity contribution in [3.05, 3.63) is 71.3 Å². The van der Waals surface area contributed by atoms with Crippen LogP contribution in [-0.4, -0.2) is 9.32 Å². The van der Waals surface area contributed by atoms with E-state index in [0.717, 1.165) is 16.7 Å². The highest BCUT2D eigenvalue weighted by molar-refractivity contribution is 7.84. The Bertz CT molecular complexity index is 534. The van der Waals surface area contributed by atoms with Gasteiger partial charge in [0.15, 0.2) is 0 Å². The van der Waals surface area contributed by atoms with Gasteiger partial charge in [-0.2, -0.15) is 0 Å². The van der Waals surface area contributed by atoms with Crippen molar-refractivity contribution in [2.45, 2.75) is 24.5 Å². The van der Waals surface area contributed by atoms with Gasteiger partial charge in [0.1, 0.15) is 0 Å². The molecule has 0 heterocycles. The molecule has 0 aliphatic heterocycles. The van der Waals surface area contributed by atoms with Crippen LogP contribution in [0.5, 0.6) is 0 Å². The third-order valence-corrected chi connectivity index (χ3v) is 4.86. The fraction of sp³-hybridized carbons (Fsp3) is 0.250. The Kier molecular flexibility index (Phi) is 4.88. The fourth-order valence-electron chi connectivity index (χ4n) is 1.91. The van der Waals surface area contributed by atoms with Crippen LogP contribution in [0.4, 0.5) is 0 Å². The summed E-state index contributed by atoms with van der Waals surface area (Å²) in [6.45, 7) is 2.04. The van der Waals surface area contributed by atoms with E-state index in [1.54, 1.807) is 0 Å². The normalized spacial score (nSPS) is 14.0. The second-order valence-corrected chi connectivity index (χ2v) is 6.31. The van der Waals surface area contributed by atoms with E-state index in [0.29, 0.717) is 5.75 Å². The molecule has 2 unspecified atom stereocenters. The third-order valence-electron chi connectivity index (χ3n) is 3.18. The highest BCUT2D eigenvalue weighted by atomic mass is 32.2. The summed E-state index contributed by atoms with van der Waals surface area (Å²) in [6.07, 6.45) is 0. The Hall–Kier alpha value is -1.45. The molecular formula is C16H18O2S. The summed E-state index contributed by atoms with van der Waals surface area (Å²) in [7, 11) is -0.938. The van der Waals surface area contributed by atoms with Crippen LogP contribution in [0, 0.1) is 0 Å². The second-order valence-electron chi connectivity index (χ2n) is 4.55. The van der Waals surface area contributed by atoms with Crippen molar-refractivity contribution in [2.24, 2.45) is 0 Å². The molecule has 2 aromatic carbocycles. The van der Waals surface area contributed by atoms with Gasteiger partial charge in [-0.1, -0.05) is 54.6 Å². The molecule has 0 saturated carbocycles. The molecule has 0 saturated heterocycles. The first-order chi connectivity index (χ1) is 9.20. The van der Waals surface area contributed by atoms with Gasteiger partial charge in [-0.05, 0) is 23.6 Å². The summed E-state index contributed by atoms with van der Waals surface area (Å²) in [5, 5.41) is 9.01. The molecule has 0 radical (unpaired) electrons. The van der Waals surface area contributed by atoms with Crippen LogP contribution in [0.2, 0.25) is 0 Å². The van der Waals surface area contributed by atoms with Crippen LogP contribution >= 0.6 is 0 Å². The number of aliphatic hydroxyl groups excluding tert-OH is 1. The lowest BCUT2D eigenvalue weighted by atomic mass is 10.2. The van der Waals surface area contributed by atoms with Crippen LogP contribution in [-0.2, 0) is 23.2 Å². The van der Waals surface area contributed by atoms with Gasteiger partial charge in [0.25, 0.3) is 0 Å². The summed E-state index contributed by atoms with van der Waals surface area (Å²) in [5.74, 6) is 0.543. The van der Waals surface area contributed by atoms with Gasteiger partial charge >= 0.3 is 0 Å². The third kappa shape index (κ3) is 3.75. The molecule has 3 heteroatoms. The van der Waals surface area contributed by atoms with Crippen molar-refractivity contribution in [3.8, 4) is 0 Å². The van der Waals surface area contributed by atoms with E-state index in [-0.39, 0.29) is 11.9 Å². The van der Waals surface area contributed by atoms with E-state index in [2.05, 4.69) is 0 Å². The van der Waals surface area contributed by atoms with Gasteiger partial charge in [0.2, 0.25) is 0 Å². The second kappa shape index (κ2) is 6.64. The molecule has 0 amide bonds. The van der Waals surface area contributed by atoms with Crippen molar-refractivity contribution < 1.29 is 9.32 Å². The molecule has 19 heavy (non-hydrogen) atoms. The zero-order valence-corrected chi connectivity index (χ0v) is 11.8. The van der Waals surface area contributed by atoms with Gasteiger partial charge in [0.05, 0.1) is 11.9 Å². The smallest absolute Gasteiger partial charge is 0.0681 e. The Morgan fingerprint density at radius 1 is 1.00 bits per heavy atom. The highest BCUT2D eigenvalue weighted by Crippen LogP contribution is 2.21. The molecule has 0 aromatic heterocycles. The van der Waals surface area contributed by atoms with E-state index in [1.165, 1.54) is 0 Å². The SMILES string of the molecule is CC(c1ccccc1)S(=O)Cc1ccc(CO)cc1. The van der Waals surface area contributed by atoms with E-state index >= 15 is 0 Å². The van der Waals surface area contributed by atoms with E-state index < -0.39 is 10.8 Å². The van der Waals surface area contributed by atoms with E-state index in [4.69, 9.17) is 5.11 Å². The number of hydrogen-bond donors (Lipinski definition) is 1. The maximum atomic E-state index is 12.3. The molecular weight excluding hydrogens is 256 g/mol. The average Bonchev–Trinajstić information content (AvgIpc) is 2.48. The fourth-order valence-corrected chi connectivity index (χ4v) is 3.14. The topological polar surface area (TPSA) is 37.3 Å². The molecule has 100 valence electrons. The minimum absolute atomic E-state index is 0.0266. The molecule has 0 spiro atoms. The number of aliphatic hydroxyl groups is 1. The van der Waals surface area contributed by atoms with Crippen molar-refractivity contribution in [2.75, 3.05) is 0 Å². The summed E-state index contributed by atoms with van der Waals surface area (Å²) < 4.78 is 12.3. The predicted molar refractivity (Wildman–Crippen MR) is 79.1 cm³/mol. The molecule has 2 atom stereocenters. The quantitative estimate of drug-likeness (QED) is 0.909. The Labute approximate surface area is 116 Å². The van der Waals surface area contributed by atoms with E-state index in [1.807, 2.05) is 61.5 Å². The molecule has 0 bridgehead atoms. The molecule has 0 aliphatic rings. The average molecular weight is 274 g/mol. The first kappa shape index (κ1) is 14.0. The maximum Gasteiger partial charge on any atom is 0.0681 e. The molecule has 2 aromatic rings. The van der Waals surface area contributed by atoms with Gasteiger partial charge < -0.3 is 5.11 Å². The zero-order valence-electron chi connectivity index (χ0n) is 11.0. The summed E-state index contributed by atoms with van der Waals surface area (Å²) in [6, 6.07) is 17.5. The monoisotopic (exact) mass is 274 g/mol. The van der Waals surface area contributed by atoms with Crippen LogP contribution < -0.4 is 0 Å². The Balaban J connectivity index is 2.04. The lowest BCUT2D eigenvalue weighted by molar-refractivity contribution is 0.282. The minimum Gasteiger partial charge on any atom is -0.392 e. The van der Waals surface area contributed by atoms with Crippen LogP contribution in [0.15, 0.2) is 54.6 Å². The first-order valence-electron chi connectivity index (χ1n) is 6.31. The van der Waals surface area contributed by atoms with Crippen molar-refractivity contribution >= 4 is 10.8 Å². The van der Waals surface area contributed by atoms with Crippen molar-refractivity contribution in [3.63, 3.8) is 0 Å². The van der Waals surface area contributed by atoms with Crippen LogP contribution in [0.1, 0.15) is 28.9 Å². The Morgan fingerprint density at radius 2 is 1.58 bits per heavy atom. The van der Waals surface area contributed by atoms with Crippen LogP contribution in [0.25, 0.3) is 0 Å². The number of benzene rings is 2. The summed E-state index contributed by atoms with van der Waals surface area (Å²) in [5.41, 5.74) is 3.02. The lowest BCUT2D eigenvalue weighted by Gasteiger charge is -2.12. The molecule has 2 rings (SSSR count). The highest BCUT2D eigenvalue weighted by Gasteiger charge is 2.13. The van der Waals surface area contributed by atoms with Crippen LogP contribution in [0.3, 0.4) is 0 Å². The first-order valence-corrected chi connectivity index (χ1v) is 7.69. The number of hydrogen-bond acceptors (Lipinski definition) is 2. The van der Waals surface area contributed by atoms with Gasteiger partial charge in [-0.15, -0.1) is 0 Å². The predicted octanol–water partition coefficient (Wildman–Crippen LogP) is 3.19. The van der Waals surface area contributed by atoms with Gasteiger partial charge in [0, 0.05) is 16.6 Å². The maximum absolute atomic E-state index is 12.3. The van der Waals surface area contributed by atoms with Crippen molar-refractivity contribution in [1.82, 2.24) is 0 Å². The molecule has 0 aliphatic carbocycles. The summed E-state index contributed by atoms with van der Waals surface area (Å²) in [4.78, 5) is 0. The zero-order chi connectivity index (χ0) is 13.7. The van der Waals surface area contributed by atoms with Gasteiger partial charge in [-0.25, -0.2) is 0 Å². The van der Waals surface area contributed by atoms with Gasteiger partial charge in [-0.3, -0.25) is 4.21 Å². The molecule has 1 N–H and O–H groups in total. The van der Waals surface area contributed by atoms with E-state index in [9.17, 15) is 4.21 Å². The lowest BCUT2D eigenvalue weighted by Crippen LogP contribution is -2.05. The summed E-state index contributed by atoms with van der Waals surface area (Å²) >= 11 is 0. The Morgan fingerprint density at radius 3 is 2.16 bits per heavy atom. The largest absolute Gasteiger partial charge is 0.392 e. The minimum atomic E-state index is -0.938. The van der Waals surface area contributed by atoms with Crippen molar-refractivity contribution in [1.29, 1.82) is 0 Å². The standard InChI is InChI=1S/C16H18O2S/c1-13(16-5-3-2-4-6-16)19(18)12-15-9-7-14(11-17)8-10-15/h2-10,13,17H,11-12H2,1H3. The molecule has 0 fully saturated rings.